The number of halogens is 1. The number of rotatable bonds is 3. The third kappa shape index (κ3) is 3.16. The Morgan fingerprint density at radius 3 is 2.82 bits per heavy atom. The molecule has 2 N–H and O–H groups in total. The molecule has 2 aromatic carbocycles. The predicted molar refractivity (Wildman–Crippen MR) is 122 cm³/mol. The largest absolute Gasteiger partial charge is 0.382 e. The number of nitrogens with two attached hydrogens (primary N) is 1. The molecular weight excluding hydrogens is 421 g/mol. The van der Waals surface area contributed by atoms with Crippen molar-refractivity contribution in [3.63, 3.8) is 0 Å². The summed E-state index contributed by atoms with van der Waals surface area (Å²) in [7, 11) is 1.70. The number of hydrogen-bond donors (Lipinski definition) is 1. The van der Waals surface area contributed by atoms with Gasteiger partial charge in [0.25, 0.3) is 5.91 Å². The number of hydrogen-bond acceptors (Lipinski definition) is 5. The number of anilines is 1. The van der Waals surface area contributed by atoms with Gasteiger partial charge in [-0.15, -0.1) is 0 Å². The Morgan fingerprint density at radius 2 is 2.03 bits per heavy atom. The Labute approximate surface area is 190 Å². The summed E-state index contributed by atoms with van der Waals surface area (Å²) in [6, 6.07) is 8.95. The Kier molecular flexibility index (Phi) is 4.42. The molecule has 1 aliphatic carbocycles. The number of amides is 1. The van der Waals surface area contributed by atoms with Gasteiger partial charge in [0.05, 0.1) is 47.9 Å². The molecule has 2 atom stereocenters. The molecule has 2 aliphatic rings. The molecular formula is C25H24FN5O2. The summed E-state index contributed by atoms with van der Waals surface area (Å²) in [5.74, 6) is -0.164. The van der Waals surface area contributed by atoms with Crippen LogP contribution in [-0.4, -0.2) is 38.8 Å². The second kappa shape index (κ2) is 7.25. The van der Waals surface area contributed by atoms with E-state index in [-0.39, 0.29) is 23.5 Å². The number of imidazole rings is 1. The normalized spacial score (nSPS) is 20.2. The average Bonchev–Trinajstić information content (AvgIpc) is 3.54. The quantitative estimate of drug-likeness (QED) is 0.506. The summed E-state index contributed by atoms with van der Waals surface area (Å²) in [4.78, 5) is 23.4. The van der Waals surface area contributed by atoms with Crippen molar-refractivity contribution in [2.75, 3.05) is 19.4 Å². The standard InChI is InChI=1S/C25H24FN5O2/c1-13-17-7-15(14-3-4-14)5-6-16(17)23(11-33-13)30(2)25(32)18-8-21-20(9-19(18)26)29-24(27)22-10-28-12-31(21)22/h5-10,12-14,23H,3-4,11H2,1-2H3,(H2,27,29)/t13-,23-/m1/s1. The second-order valence-corrected chi connectivity index (χ2v) is 9.04. The molecule has 1 amide bonds. The molecule has 0 saturated heterocycles. The zero-order chi connectivity index (χ0) is 22.9. The van der Waals surface area contributed by atoms with E-state index >= 15 is 4.39 Å². The first-order chi connectivity index (χ1) is 15.9. The first kappa shape index (κ1) is 20.1. The molecule has 7 nitrogen and oxygen atoms in total. The van der Waals surface area contributed by atoms with Crippen LogP contribution >= 0.6 is 0 Å². The Balaban J connectivity index is 1.40. The molecule has 168 valence electrons. The molecule has 0 radical (unpaired) electrons. The number of aromatic nitrogens is 3. The Hall–Kier alpha value is -3.52. The SMILES string of the molecule is C[C@H]1OC[C@@H](N(C)C(=O)c2cc3c(cc2F)nc(N)c2cncn23)c2ccc(C3CC3)cc21. The van der Waals surface area contributed by atoms with Crippen LogP contribution in [0.15, 0.2) is 42.9 Å². The Morgan fingerprint density at radius 1 is 1.21 bits per heavy atom. The van der Waals surface area contributed by atoms with E-state index in [1.54, 1.807) is 28.9 Å². The zero-order valence-corrected chi connectivity index (χ0v) is 18.5. The van der Waals surface area contributed by atoms with E-state index in [9.17, 15) is 4.79 Å². The van der Waals surface area contributed by atoms with Crippen LogP contribution in [0.5, 0.6) is 0 Å². The van der Waals surface area contributed by atoms with Crippen molar-refractivity contribution >= 4 is 28.3 Å². The van der Waals surface area contributed by atoms with Crippen LogP contribution in [0, 0.1) is 5.82 Å². The fourth-order valence-corrected chi connectivity index (χ4v) is 4.85. The van der Waals surface area contributed by atoms with Crippen LogP contribution in [0.2, 0.25) is 0 Å². The summed E-state index contributed by atoms with van der Waals surface area (Å²) in [5.41, 5.74) is 11.0. The van der Waals surface area contributed by atoms with Crippen LogP contribution < -0.4 is 5.73 Å². The average molecular weight is 445 g/mol. The van der Waals surface area contributed by atoms with Gasteiger partial charge in [-0.1, -0.05) is 18.2 Å². The summed E-state index contributed by atoms with van der Waals surface area (Å²) in [5, 5.41) is 0. The molecule has 6 rings (SSSR count). The van der Waals surface area contributed by atoms with Gasteiger partial charge in [0.1, 0.15) is 17.2 Å². The summed E-state index contributed by atoms with van der Waals surface area (Å²) in [6.45, 7) is 2.39. The van der Waals surface area contributed by atoms with Gasteiger partial charge in [-0.3, -0.25) is 9.20 Å². The minimum Gasteiger partial charge on any atom is -0.382 e. The van der Waals surface area contributed by atoms with E-state index in [2.05, 4.69) is 28.2 Å². The summed E-state index contributed by atoms with van der Waals surface area (Å²) in [6.07, 6.45) is 5.58. The zero-order valence-electron chi connectivity index (χ0n) is 18.5. The van der Waals surface area contributed by atoms with Crippen LogP contribution in [-0.2, 0) is 4.74 Å². The maximum atomic E-state index is 15.1. The third-order valence-electron chi connectivity index (χ3n) is 6.94. The van der Waals surface area contributed by atoms with Crippen molar-refractivity contribution in [1.29, 1.82) is 0 Å². The molecule has 1 saturated carbocycles. The molecule has 8 heteroatoms. The molecule has 33 heavy (non-hydrogen) atoms. The fourth-order valence-electron chi connectivity index (χ4n) is 4.85. The van der Waals surface area contributed by atoms with Gasteiger partial charge in [0.15, 0.2) is 0 Å². The first-order valence-corrected chi connectivity index (χ1v) is 11.2. The van der Waals surface area contributed by atoms with Crippen LogP contribution in [0.3, 0.4) is 0 Å². The second-order valence-electron chi connectivity index (χ2n) is 9.04. The highest BCUT2D eigenvalue weighted by atomic mass is 19.1. The molecule has 1 fully saturated rings. The van der Waals surface area contributed by atoms with Crippen LogP contribution in [0.25, 0.3) is 16.6 Å². The molecule has 4 aromatic rings. The monoisotopic (exact) mass is 445 g/mol. The number of fused-ring (bicyclic) bond motifs is 4. The van der Waals surface area contributed by atoms with Gasteiger partial charge in [0, 0.05) is 13.1 Å². The maximum absolute atomic E-state index is 15.1. The lowest BCUT2D eigenvalue weighted by Gasteiger charge is -2.36. The van der Waals surface area contributed by atoms with Crippen molar-refractivity contribution < 1.29 is 13.9 Å². The Bertz CT molecular complexity index is 1430. The van der Waals surface area contributed by atoms with Gasteiger partial charge in [-0.05, 0) is 48.4 Å². The highest BCUT2D eigenvalue weighted by Gasteiger charge is 2.33. The molecule has 0 spiro atoms. The maximum Gasteiger partial charge on any atom is 0.257 e. The third-order valence-corrected chi connectivity index (χ3v) is 6.94. The number of benzene rings is 2. The number of likely N-dealkylation sites (N-methyl/N-ethyl adjacent to an activating group) is 1. The fraction of sp³-hybridized carbons (Fsp3) is 0.320. The minimum absolute atomic E-state index is 0.0265. The minimum atomic E-state index is -0.639. The summed E-state index contributed by atoms with van der Waals surface area (Å²) >= 11 is 0. The lowest BCUT2D eigenvalue weighted by Crippen LogP contribution is -2.37. The van der Waals surface area contributed by atoms with Gasteiger partial charge >= 0.3 is 0 Å². The number of nitrogens with zero attached hydrogens (tertiary/aromatic N) is 4. The topological polar surface area (TPSA) is 85.8 Å². The van der Waals surface area contributed by atoms with E-state index in [0.717, 1.165) is 11.1 Å². The molecule has 0 bridgehead atoms. The number of carbonyl (C=O) groups excluding carboxylic acids is 1. The van der Waals surface area contributed by atoms with E-state index in [0.29, 0.717) is 29.1 Å². The van der Waals surface area contributed by atoms with Gasteiger partial charge in [-0.2, -0.15) is 0 Å². The van der Waals surface area contributed by atoms with Crippen LogP contribution in [0.1, 0.15) is 64.9 Å². The van der Waals surface area contributed by atoms with E-state index in [1.165, 1.54) is 30.5 Å². The first-order valence-electron chi connectivity index (χ1n) is 11.2. The smallest absolute Gasteiger partial charge is 0.257 e. The van der Waals surface area contributed by atoms with Crippen molar-refractivity contribution in [2.45, 2.75) is 37.8 Å². The van der Waals surface area contributed by atoms with Crippen molar-refractivity contribution in [2.24, 2.45) is 0 Å². The van der Waals surface area contributed by atoms with Gasteiger partial charge in [0.2, 0.25) is 0 Å². The number of nitrogen functional groups attached to an aromatic ring is 1. The van der Waals surface area contributed by atoms with Crippen molar-refractivity contribution in [3.8, 4) is 0 Å². The predicted octanol–water partition coefficient (Wildman–Crippen LogP) is 4.39. The van der Waals surface area contributed by atoms with Crippen molar-refractivity contribution in [1.82, 2.24) is 19.3 Å². The highest BCUT2D eigenvalue weighted by molar-refractivity contribution is 5.98. The number of ether oxygens (including phenoxy) is 1. The lowest BCUT2D eigenvalue weighted by molar-refractivity contribution is 0.00476. The lowest BCUT2D eigenvalue weighted by atomic mass is 9.91. The summed E-state index contributed by atoms with van der Waals surface area (Å²) < 4.78 is 22.8. The molecule has 2 aromatic heterocycles. The van der Waals surface area contributed by atoms with E-state index < -0.39 is 11.7 Å². The molecule has 1 aliphatic heterocycles. The van der Waals surface area contributed by atoms with Gasteiger partial charge in [-0.25, -0.2) is 14.4 Å². The van der Waals surface area contributed by atoms with Crippen molar-refractivity contribution in [3.05, 3.63) is 70.9 Å². The highest BCUT2D eigenvalue weighted by Crippen LogP contribution is 2.43. The number of carbonyl (C=O) groups is 1. The van der Waals surface area contributed by atoms with E-state index in [4.69, 9.17) is 10.5 Å². The van der Waals surface area contributed by atoms with Gasteiger partial charge < -0.3 is 15.4 Å². The van der Waals surface area contributed by atoms with E-state index in [1.807, 2.05) is 6.92 Å². The van der Waals surface area contributed by atoms with Crippen LogP contribution in [0.4, 0.5) is 10.2 Å². The molecule has 0 unspecified atom stereocenters. The molecule has 3 heterocycles.